The van der Waals surface area contributed by atoms with Crippen LogP contribution in [0.15, 0.2) is 54.6 Å². The maximum atomic E-state index is 12.9. The van der Waals surface area contributed by atoms with Gasteiger partial charge in [-0.2, -0.15) is 0 Å². The van der Waals surface area contributed by atoms with Crippen LogP contribution in [-0.4, -0.2) is 35.5 Å². The predicted octanol–water partition coefficient (Wildman–Crippen LogP) is 3.25. The van der Waals surface area contributed by atoms with Crippen LogP contribution in [0.3, 0.4) is 0 Å². The van der Waals surface area contributed by atoms with Gasteiger partial charge in [-0.1, -0.05) is 42.5 Å². The molecule has 0 aliphatic carbocycles. The van der Waals surface area contributed by atoms with E-state index in [9.17, 15) is 23.5 Å². The molecule has 7 heteroatoms. The van der Waals surface area contributed by atoms with Gasteiger partial charge < -0.3 is 15.7 Å². The zero-order valence-corrected chi connectivity index (χ0v) is 14.2. The highest BCUT2D eigenvalue weighted by atomic mass is 19.3. The van der Waals surface area contributed by atoms with Crippen molar-refractivity contribution in [2.45, 2.75) is 31.9 Å². The molecule has 0 unspecified atom stereocenters. The first kappa shape index (κ1) is 19.5. The van der Waals surface area contributed by atoms with Gasteiger partial charge in [0.15, 0.2) is 5.78 Å². The molecule has 2 aromatic rings. The average molecular weight is 362 g/mol. The largest absolute Gasteiger partial charge is 0.385 e. The Morgan fingerprint density at radius 2 is 1.77 bits per heavy atom. The normalized spacial score (nSPS) is 13.1. The Balaban J connectivity index is 2.08. The zero-order chi connectivity index (χ0) is 19.1. The number of benzene rings is 2. The van der Waals surface area contributed by atoms with Gasteiger partial charge in [-0.3, -0.25) is 4.79 Å². The van der Waals surface area contributed by atoms with Crippen LogP contribution in [0.1, 0.15) is 22.8 Å². The molecule has 0 aromatic heterocycles. The van der Waals surface area contributed by atoms with Crippen molar-refractivity contribution in [3.05, 3.63) is 65.7 Å². The number of aliphatic hydroxyl groups is 1. The molecule has 2 amide bonds. The molecule has 2 aromatic carbocycles. The monoisotopic (exact) mass is 362 g/mol. The van der Waals surface area contributed by atoms with Crippen molar-refractivity contribution in [3.63, 3.8) is 0 Å². The van der Waals surface area contributed by atoms with Gasteiger partial charge in [0.1, 0.15) is 6.10 Å². The summed E-state index contributed by atoms with van der Waals surface area (Å²) in [5, 5.41) is 14.6. The fourth-order valence-electron chi connectivity index (χ4n) is 2.45. The summed E-state index contributed by atoms with van der Waals surface area (Å²) in [4.78, 5) is 23.5. The van der Waals surface area contributed by atoms with E-state index in [0.29, 0.717) is 16.8 Å². The molecule has 2 rings (SSSR count). The Labute approximate surface area is 150 Å². The third kappa shape index (κ3) is 5.63. The van der Waals surface area contributed by atoms with Gasteiger partial charge in [0.2, 0.25) is 0 Å². The molecule has 26 heavy (non-hydrogen) atoms. The molecule has 0 bridgehead atoms. The van der Waals surface area contributed by atoms with Crippen LogP contribution in [0.4, 0.5) is 19.3 Å². The number of alkyl halides is 2. The third-order valence-corrected chi connectivity index (χ3v) is 3.81. The van der Waals surface area contributed by atoms with Crippen molar-refractivity contribution >= 4 is 17.5 Å². The van der Waals surface area contributed by atoms with E-state index >= 15 is 0 Å². The van der Waals surface area contributed by atoms with Crippen molar-refractivity contribution < 1.29 is 23.5 Å². The van der Waals surface area contributed by atoms with Crippen molar-refractivity contribution in [2.24, 2.45) is 0 Å². The Kier molecular flexibility index (Phi) is 6.80. The number of amides is 2. The summed E-state index contributed by atoms with van der Waals surface area (Å²) < 4.78 is 25.9. The molecule has 0 aliphatic rings. The minimum atomic E-state index is -3.00. The van der Waals surface area contributed by atoms with E-state index in [2.05, 4.69) is 10.6 Å². The molecule has 0 spiro atoms. The Bertz CT molecular complexity index is 753. The minimum Gasteiger partial charge on any atom is -0.385 e. The van der Waals surface area contributed by atoms with E-state index in [-0.39, 0.29) is 12.2 Å². The number of carbonyl (C=O) groups excluding carboxylic acids is 2. The standard InChI is InChI=1S/C19H20F2N2O3/c1-12(24)14-8-5-9-15(11-14)22-19(26)23-16(17(25)18(20)21)10-13-6-3-2-4-7-13/h2-9,11,16-18,25H,10H2,1H3,(H2,22,23,26)/t16-,17-/m1/s1. The number of aliphatic hydroxyl groups excluding tert-OH is 1. The van der Waals surface area contributed by atoms with Crippen molar-refractivity contribution in [2.75, 3.05) is 5.32 Å². The van der Waals surface area contributed by atoms with E-state index in [1.165, 1.54) is 13.0 Å². The lowest BCUT2D eigenvalue weighted by atomic mass is 10.0. The molecule has 3 N–H and O–H groups in total. The summed E-state index contributed by atoms with van der Waals surface area (Å²) >= 11 is 0. The van der Waals surface area contributed by atoms with Gasteiger partial charge in [0, 0.05) is 11.3 Å². The van der Waals surface area contributed by atoms with Gasteiger partial charge in [-0.25, -0.2) is 13.6 Å². The number of hydrogen-bond acceptors (Lipinski definition) is 3. The first-order valence-electron chi connectivity index (χ1n) is 8.05. The van der Waals surface area contributed by atoms with Crippen LogP contribution < -0.4 is 10.6 Å². The first-order valence-corrected chi connectivity index (χ1v) is 8.05. The maximum absolute atomic E-state index is 12.9. The topological polar surface area (TPSA) is 78.4 Å². The lowest BCUT2D eigenvalue weighted by Gasteiger charge is -2.24. The molecule has 0 aliphatic heterocycles. The zero-order valence-electron chi connectivity index (χ0n) is 14.2. The Hall–Kier alpha value is -2.80. The number of carbonyl (C=O) groups is 2. The van der Waals surface area contributed by atoms with Crippen LogP contribution in [-0.2, 0) is 6.42 Å². The lowest BCUT2D eigenvalue weighted by Crippen LogP contribution is -2.49. The van der Waals surface area contributed by atoms with E-state index in [0.717, 1.165) is 0 Å². The molecular weight excluding hydrogens is 342 g/mol. The highest BCUT2D eigenvalue weighted by Gasteiger charge is 2.29. The molecule has 0 saturated heterocycles. The summed E-state index contributed by atoms with van der Waals surface area (Å²) in [6.07, 6.45) is -4.96. The molecule has 5 nitrogen and oxygen atoms in total. The highest BCUT2D eigenvalue weighted by molar-refractivity contribution is 5.96. The summed E-state index contributed by atoms with van der Waals surface area (Å²) in [7, 11) is 0. The fourth-order valence-corrected chi connectivity index (χ4v) is 2.45. The maximum Gasteiger partial charge on any atom is 0.319 e. The Morgan fingerprint density at radius 1 is 1.08 bits per heavy atom. The van der Waals surface area contributed by atoms with E-state index in [1.54, 1.807) is 48.5 Å². The number of hydrogen-bond donors (Lipinski definition) is 3. The summed E-state index contributed by atoms with van der Waals surface area (Å²) in [5.41, 5.74) is 1.47. The second-order valence-electron chi connectivity index (χ2n) is 5.86. The number of anilines is 1. The smallest absolute Gasteiger partial charge is 0.319 e. The Morgan fingerprint density at radius 3 is 2.38 bits per heavy atom. The van der Waals surface area contributed by atoms with E-state index in [4.69, 9.17) is 0 Å². The molecule has 0 fully saturated rings. The number of halogens is 2. The fraction of sp³-hybridized carbons (Fsp3) is 0.263. The molecule has 0 radical (unpaired) electrons. The van der Waals surface area contributed by atoms with Crippen LogP contribution >= 0.6 is 0 Å². The molecule has 138 valence electrons. The molecular formula is C19H20F2N2O3. The van der Waals surface area contributed by atoms with Gasteiger partial charge in [-0.05, 0) is 31.0 Å². The number of Topliss-reactive ketones (excluding diaryl/α,β-unsaturated/α-hetero) is 1. The number of urea groups is 1. The summed E-state index contributed by atoms with van der Waals surface area (Å²) in [6, 6.07) is 13.1. The van der Waals surface area contributed by atoms with Gasteiger partial charge in [0.05, 0.1) is 6.04 Å². The van der Waals surface area contributed by atoms with Crippen molar-refractivity contribution in [3.8, 4) is 0 Å². The van der Waals surface area contributed by atoms with Gasteiger partial charge in [-0.15, -0.1) is 0 Å². The lowest BCUT2D eigenvalue weighted by molar-refractivity contribution is -0.0232. The van der Waals surface area contributed by atoms with Crippen LogP contribution in [0, 0.1) is 0 Å². The van der Waals surface area contributed by atoms with E-state index in [1.807, 2.05) is 0 Å². The minimum absolute atomic E-state index is 0.0489. The molecule has 2 atom stereocenters. The van der Waals surface area contributed by atoms with Gasteiger partial charge >= 0.3 is 6.03 Å². The highest BCUT2D eigenvalue weighted by Crippen LogP contribution is 2.14. The summed E-state index contributed by atoms with van der Waals surface area (Å²) in [5.74, 6) is -0.163. The molecule has 0 heterocycles. The number of ketones is 1. The average Bonchev–Trinajstić information content (AvgIpc) is 2.61. The van der Waals surface area contributed by atoms with Crippen LogP contribution in [0.2, 0.25) is 0 Å². The predicted molar refractivity (Wildman–Crippen MR) is 94.5 cm³/mol. The van der Waals surface area contributed by atoms with Crippen molar-refractivity contribution in [1.29, 1.82) is 0 Å². The molecule has 0 saturated carbocycles. The second-order valence-corrected chi connectivity index (χ2v) is 5.86. The first-order chi connectivity index (χ1) is 12.4. The SMILES string of the molecule is CC(=O)c1cccc(NC(=O)N[C@H](Cc2ccccc2)[C@@H](O)C(F)F)c1. The number of nitrogens with one attached hydrogen (secondary N) is 2. The second kappa shape index (κ2) is 9.05. The van der Waals surface area contributed by atoms with E-state index < -0.39 is 24.6 Å². The van der Waals surface area contributed by atoms with Gasteiger partial charge in [0.25, 0.3) is 6.43 Å². The van der Waals surface area contributed by atoms with Crippen LogP contribution in [0.5, 0.6) is 0 Å². The van der Waals surface area contributed by atoms with Crippen molar-refractivity contribution in [1.82, 2.24) is 5.32 Å². The quantitative estimate of drug-likeness (QED) is 0.662. The number of rotatable bonds is 7. The van der Waals surface area contributed by atoms with Crippen LogP contribution in [0.25, 0.3) is 0 Å². The third-order valence-electron chi connectivity index (χ3n) is 3.81. The summed E-state index contributed by atoms with van der Waals surface area (Å²) in [6.45, 7) is 1.40.